The van der Waals surface area contributed by atoms with Gasteiger partial charge in [-0.3, -0.25) is 9.59 Å². The van der Waals surface area contributed by atoms with E-state index in [0.29, 0.717) is 0 Å². The van der Waals surface area contributed by atoms with Gasteiger partial charge in [0.1, 0.15) is 5.54 Å². The van der Waals surface area contributed by atoms with E-state index in [1.807, 2.05) is 25.7 Å². The smallest absolute Gasteiger partial charge is 0.236 e. The molecule has 0 bridgehead atoms. The minimum atomic E-state index is -0.622. The Morgan fingerprint density at radius 3 is 2.38 bits per heavy atom. The molecule has 0 aromatic carbocycles. The Morgan fingerprint density at radius 2 is 1.81 bits per heavy atom. The van der Waals surface area contributed by atoms with Gasteiger partial charge in [-0.05, 0) is 33.6 Å². The fourth-order valence-corrected chi connectivity index (χ4v) is 3.65. The van der Waals surface area contributed by atoms with Crippen molar-refractivity contribution >= 4 is 22.8 Å². The summed E-state index contributed by atoms with van der Waals surface area (Å²) in [7, 11) is 0. The largest absolute Gasteiger partial charge is 0.326 e. The van der Waals surface area contributed by atoms with E-state index in [4.69, 9.17) is 0 Å². The monoisotopic (exact) mass is 241 g/mol. The second-order valence-corrected chi connectivity index (χ2v) is 6.57. The highest BCUT2D eigenvalue weighted by atomic mass is 32.2. The Balaban J connectivity index is 2.29. The molecule has 16 heavy (non-hydrogen) atoms. The van der Waals surface area contributed by atoms with E-state index in [2.05, 4.69) is 0 Å². The SMILES string of the molecule is CC1SC(=O)C(C)(C)N(C2CCCC2)C1=O. The van der Waals surface area contributed by atoms with Gasteiger partial charge in [-0.2, -0.15) is 0 Å². The maximum Gasteiger partial charge on any atom is 0.236 e. The van der Waals surface area contributed by atoms with Crippen LogP contribution in [0.2, 0.25) is 0 Å². The summed E-state index contributed by atoms with van der Waals surface area (Å²) >= 11 is 1.19. The third-order valence-electron chi connectivity index (χ3n) is 3.66. The van der Waals surface area contributed by atoms with E-state index in [1.165, 1.54) is 24.6 Å². The van der Waals surface area contributed by atoms with E-state index in [9.17, 15) is 9.59 Å². The molecule has 0 N–H and O–H groups in total. The van der Waals surface area contributed by atoms with Crippen LogP contribution in [0, 0.1) is 0 Å². The lowest BCUT2D eigenvalue weighted by Crippen LogP contribution is -2.61. The Kier molecular flexibility index (Phi) is 3.03. The Bertz CT molecular complexity index is 321. The van der Waals surface area contributed by atoms with Crippen molar-refractivity contribution in [2.24, 2.45) is 0 Å². The van der Waals surface area contributed by atoms with Gasteiger partial charge in [0.25, 0.3) is 0 Å². The van der Waals surface area contributed by atoms with E-state index >= 15 is 0 Å². The van der Waals surface area contributed by atoms with Crippen LogP contribution in [0.3, 0.4) is 0 Å². The van der Waals surface area contributed by atoms with Gasteiger partial charge in [-0.15, -0.1) is 0 Å². The zero-order valence-corrected chi connectivity index (χ0v) is 11.0. The minimum Gasteiger partial charge on any atom is -0.326 e. The number of hydrogen-bond donors (Lipinski definition) is 0. The highest BCUT2D eigenvalue weighted by Crippen LogP contribution is 2.38. The normalized spacial score (nSPS) is 31.2. The average molecular weight is 241 g/mol. The molecule has 4 heteroatoms. The molecule has 90 valence electrons. The lowest BCUT2D eigenvalue weighted by molar-refractivity contribution is -0.145. The summed E-state index contributed by atoms with van der Waals surface area (Å²) in [5.74, 6) is 0.140. The van der Waals surface area contributed by atoms with Gasteiger partial charge in [-0.1, -0.05) is 24.6 Å². The number of rotatable bonds is 1. The average Bonchev–Trinajstić information content (AvgIpc) is 2.68. The Hall–Kier alpha value is -0.510. The first kappa shape index (κ1) is 12.0. The fourth-order valence-electron chi connectivity index (χ4n) is 2.72. The summed E-state index contributed by atoms with van der Waals surface area (Å²) in [6, 6.07) is 0.287. The lowest BCUT2D eigenvalue weighted by atomic mass is 9.99. The van der Waals surface area contributed by atoms with Gasteiger partial charge < -0.3 is 4.90 Å². The van der Waals surface area contributed by atoms with E-state index in [1.54, 1.807) is 0 Å². The molecular weight excluding hydrogens is 222 g/mol. The standard InChI is InChI=1S/C12H19NO2S/c1-8-10(14)13(9-6-4-5-7-9)12(2,3)11(15)16-8/h8-9H,4-7H2,1-3H3. The Morgan fingerprint density at radius 1 is 1.25 bits per heavy atom. The van der Waals surface area contributed by atoms with Crippen LogP contribution in [0.4, 0.5) is 0 Å². The number of nitrogens with zero attached hydrogens (tertiary/aromatic N) is 1. The molecule has 2 aliphatic rings. The van der Waals surface area contributed by atoms with Crippen LogP contribution >= 0.6 is 11.8 Å². The van der Waals surface area contributed by atoms with Gasteiger partial charge in [-0.25, -0.2) is 0 Å². The Labute approximate surface area is 101 Å². The van der Waals surface area contributed by atoms with Crippen molar-refractivity contribution in [1.29, 1.82) is 0 Å². The van der Waals surface area contributed by atoms with Crippen molar-refractivity contribution in [2.75, 3.05) is 0 Å². The quantitative estimate of drug-likeness (QED) is 0.706. The molecule has 1 aliphatic carbocycles. The number of thioether (sulfide) groups is 1. The zero-order valence-electron chi connectivity index (χ0n) is 10.2. The molecule has 1 saturated heterocycles. The van der Waals surface area contributed by atoms with Gasteiger partial charge in [0, 0.05) is 6.04 Å². The van der Waals surface area contributed by atoms with Crippen LogP contribution in [0.15, 0.2) is 0 Å². The molecule has 0 spiro atoms. The molecule has 0 aromatic heterocycles. The molecule has 1 aliphatic heterocycles. The first-order chi connectivity index (χ1) is 7.44. The third kappa shape index (κ3) is 1.77. The highest BCUT2D eigenvalue weighted by Gasteiger charge is 2.48. The second kappa shape index (κ2) is 4.06. The molecule has 3 nitrogen and oxygen atoms in total. The number of carbonyl (C=O) groups is 2. The first-order valence-electron chi connectivity index (χ1n) is 5.99. The van der Waals surface area contributed by atoms with Gasteiger partial charge in [0.2, 0.25) is 11.0 Å². The molecule has 0 radical (unpaired) electrons. The van der Waals surface area contributed by atoms with Crippen molar-refractivity contribution in [3.63, 3.8) is 0 Å². The van der Waals surface area contributed by atoms with Gasteiger partial charge in [0.15, 0.2) is 0 Å². The van der Waals surface area contributed by atoms with Crippen molar-refractivity contribution in [1.82, 2.24) is 4.90 Å². The topological polar surface area (TPSA) is 37.4 Å². The number of carbonyl (C=O) groups excluding carboxylic acids is 2. The summed E-state index contributed by atoms with van der Waals surface area (Å²) in [6.07, 6.45) is 4.47. The molecule has 0 aromatic rings. The summed E-state index contributed by atoms with van der Waals surface area (Å²) in [6.45, 7) is 5.59. The van der Waals surface area contributed by atoms with E-state index < -0.39 is 5.54 Å². The van der Waals surface area contributed by atoms with Crippen LogP contribution in [0.25, 0.3) is 0 Å². The highest BCUT2D eigenvalue weighted by molar-refractivity contribution is 8.15. The van der Waals surface area contributed by atoms with Crippen molar-refractivity contribution in [3.8, 4) is 0 Å². The minimum absolute atomic E-state index is 0.131. The van der Waals surface area contributed by atoms with Crippen LogP contribution in [0.5, 0.6) is 0 Å². The molecule has 2 rings (SSSR count). The number of hydrogen-bond acceptors (Lipinski definition) is 3. The maximum absolute atomic E-state index is 12.2. The summed E-state index contributed by atoms with van der Waals surface area (Å²) in [4.78, 5) is 26.1. The predicted molar refractivity (Wildman–Crippen MR) is 65.2 cm³/mol. The van der Waals surface area contributed by atoms with E-state index in [0.717, 1.165) is 12.8 Å². The van der Waals surface area contributed by atoms with Crippen LogP contribution in [-0.4, -0.2) is 32.8 Å². The molecular formula is C12H19NO2S. The van der Waals surface area contributed by atoms with Crippen molar-refractivity contribution < 1.29 is 9.59 Å². The number of amides is 1. The van der Waals surface area contributed by atoms with Crippen LogP contribution < -0.4 is 0 Å². The van der Waals surface area contributed by atoms with Gasteiger partial charge >= 0.3 is 0 Å². The molecule has 1 heterocycles. The summed E-state index contributed by atoms with van der Waals surface area (Å²) in [5.41, 5.74) is -0.622. The molecule has 1 atom stereocenters. The second-order valence-electron chi connectivity index (χ2n) is 5.25. The van der Waals surface area contributed by atoms with Gasteiger partial charge in [0.05, 0.1) is 5.25 Å². The fraction of sp³-hybridized carbons (Fsp3) is 0.833. The van der Waals surface area contributed by atoms with E-state index in [-0.39, 0.29) is 22.3 Å². The van der Waals surface area contributed by atoms with Crippen LogP contribution in [0.1, 0.15) is 46.5 Å². The molecule has 1 saturated carbocycles. The summed E-state index contributed by atoms with van der Waals surface area (Å²) in [5, 5.41) is -0.0763. The maximum atomic E-state index is 12.2. The molecule has 1 unspecified atom stereocenters. The van der Waals surface area contributed by atoms with Crippen LogP contribution in [-0.2, 0) is 9.59 Å². The lowest BCUT2D eigenvalue weighted by Gasteiger charge is -2.46. The first-order valence-corrected chi connectivity index (χ1v) is 6.87. The third-order valence-corrected chi connectivity index (χ3v) is 4.93. The van der Waals surface area contributed by atoms with Crippen molar-refractivity contribution in [2.45, 2.75) is 63.3 Å². The van der Waals surface area contributed by atoms with Crippen molar-refractivity contribution in [3.05, 3.63) is 0 Å². The summed E-state index contributed by atoms with van der Waals surface area (Å²) < 4.78 is 0. The molecule has 1 amide bonds. The molecule has 2 fully saturated rings. The zero-order chi connectivity index (χ0) is 11.9. The predicted octanol–water partition coefficient (Wildman–Crippen LogP) is 2.20.